The molecule has 0 fully saturated rings. The maximum atomic E-state index is 11.9. The molecule has 0 aliphatic rings. The number of carbonyl (C=O) groups is 1. The maximum Gasteiger partial charge on any atom is 0.342 e. The van der Waals surface area contributed by atoms with Gasteiger partial charge in [0.1, 0.15) is 23.0 Å². The number of rotatable bonds is 10. The minimum absolute atomic E-state index is 0.0863. The van der Waals surface area contributed by atoms with E-state index in [9.17, 15) is 24.3 Å². The third-order valence-electron chi connectivity index (χ3n) is 5.24. The molecule has 0 bridgehead atoms. The van der Waals surface area contributed by atoms with Crippen LogP contribution in [-0.2, 0) is 15.8 Å². The van der Waals surface area contributed by atoms with E-state index in [-0.39, 0.29) is 12.8 Å². The second-order valence-corrected chi connectivity index (χ2v) is 9.92. The molecule has 4 N–H and O–H groups in total. The SMILES string of the molecule is CC(C)CCC[C@@H](N[C@@H](Cc1ccc2c(c1)oc1ccccc12)C(=O)O)P(=O)(O)O. The first kappa shape index (κ1) is 22.5. The molecular weight excluding hydrogens is 405 g/mol. The van der Waals surface area contributed by atoms with Crippen LogP contribution in [0, 0.1) is 5.92 Å². The van der Waals surface area contributed by atoms with Gasteiger partial charge in [-0.3, -0.25) is 14.7 Å². The number of carboxylic acids is 1. The van der Waals surface area contributed by atoms with Crippen LogP contribution in [0.3, 0.4) is 0 Å². The highest BCUT2D eigenvalue weighted by Gasteiger charge is 2.32. The van der Waals surface area contributed by atoms with Crippen molar-refractivity contribution in [3.05, 3.63) is 48.0 Å². The van der Waals surface area contributed by atoms with E-state index in [0.29, 0.717) is 23.5 Å². The normalized spacial score (nSPS) is 14.4. The first-order valence-electron chi connectivity index (χ1n) is 10.1. The van der Waals surface area contributed by atoms with Crippen LogP contribution in [0.4, 0.5) is 0 Å². The summed E-state index contributed by atoms with van der Waals surface area (Å²) in [6.07, 6.45) is 1.73. The molecule has 0 spiro atoms. The largest absolute Gasteiger partial charge is 0.480 e. The van der Waals surface area contributed by atoms with Crippen LogP contribution < -0.4 is 5.32 Å². The van der Waals surface area contributed by atoms with Crippen LogP contribution in [-0.4, -0.2) is 32.7 Å². The van der Waals surface area contributed by atoms with Crippen molar-refractivity contribution in [2.75, 3.05) is 0 Å². The van der Waals surface area contributed by atoms with Gasteiger partial charge < -0.3 is 19.3 Å². The zero-order valence-corrected chi connectivity index (χ0v) is 18.0. The van der Waals surface area contributed by atoms with E-state index >= 15 is 0 Å². The van der Waals surface area contributed by atoms with Crippen molar-refractivity contribution in [1.29, 1.82) is 0 Å². The fraction of sp³-hybridized carbons (Fsp3) is 0.409. The van der Waals surface area contributed by atoms with Gasteiger partial charge >= 0.3 is 13.6 Å². The molecule has 0 saturated carbocycles. The molecule has 0 aliphatic heterocycles. The zero-order valence-electron chi connectivity index (χ0n) is 17.1. The molecule has 0 radical (unpaired) electrons. The molecule has 0 unspecified atom stereocenters. The number of para-hydroxylation sites is 1. The summed E-state index contributed by atoms with van der Waals surface area (Å²) in [6, 6.07) is 12.0. The lowest BCUT2D eigenvalue weighted by Gasteiger charge is -2.24. The highest BCUT2D eigenvalue weighted by atomic mass is 31.2. The number of furan rings is 1. The van der Waals surface area contributed by atoms with Crippen LogP contribution in [0.5, 0.6) is 0 Å². The number of nitrogens with one attached hydrogen (secondary N) is 1. The Morgan fingerprint density at radius 1 is 1.07 bits per heavy atom. The van der Waals surface area contributed by atoms with E-state index in [0.717, 1.165) is 22.8 Å². The van der Waals surface area contributed by atoms with Gasteiger partial charge in [-0.15, -0.1) is 0 Å². The van der Waals surface area contributed by atoms with E-state index < -0.39 is 25.4 Å². The lowest BCUT2D eigenvalue weighted by Crippen LogP contribution is -2.44. The molecule has 3 aromatic rings. The molecule has 2 atom stereocenters. The molecule has 2 aromatic carbocycles. The molecule has 3 rings (SSSR count). The van der Waals surface area contributed by atoms with Crippen LogP contribution in [0.2, 0.25) is 0 Å². The molecule has 30 heavy (non-hydrogen) atoms. The molecule has 0 saturated heterocycles. The zero-order chi connectivity index (χ0) is 21.9. The molecule has 8 heteroatoms. The van der Waals surface area contributed by atoms with E-state index in [1.807, 2.05) is 50.2 Å². The second kappa shape index (κ2) is 9.31. The van der Waals surface area contributed by atoms with Crippen LogP contribution in [0.1, 0.15) is 38.7 Å². The highest BCUT2D eigenvalue weighted by molar-refractivity contribution is 7.52. The van der Waals surface area contributed by atoms with Crippen molar-refractivity contribution in [2.45, 2.75) is 51.4 Å². The molecular formula is C22H28NO6P. The smallest absolute Gasteiger partial charge is 0.342 e. The number of aliphatic carboxylic acids is 1. The Morgan fingerprint density at radius 2 is 1.77 bits per heavy atom. The summed E-state index contributed by atoms with van der Waals surface area (Å²) in [6.45, 7) is 4.07. The lowest BCUT2D eigenvalue weighted by molar-refractivity contribution is -0.139. The van der Waals surface area contributed by atoms with Crippen LogP contribution in [0.15, 0.2) is 46.9 Å². The third-order valence-corrected chi connectivity index (χ3v) is 6.46. The van der Waals surface area contributed by atoms with Gasteiger partial charge in [-0.1, -0.05) is 57.0 Å². The van der Waals surface area contributed by atoms with Crippen molar-refractivity contribution >= 4 is 35.5 Å². The Bertz CT molecular complexity index is 1070. The van der Waals surface area contributed by atoms with E-state index in [2.05, 4.69) is 5.32 Å². The van der Waals surface area contributed by atoms with Crippen molar-refractivity contribution in [2.24, 2.45) is 5.92 Å². The molecule has 1 heterocycles. The predicted octanol–water partition coefficient (Wildman–Crippen LogP) is 4.50. The van der Waals surface area contributed by atoms with Crippen molar-refractivity contribution < 1.29 is 28.7 Å². The first-order chi connectivity index (χ1) is 14.1. The average Bonchev–Trinajstić information content (AvgIpc) is 3.02. The molecule has 0 aliphatic carbocycles. The van der Waals surface area contributed by atoms with Crippen LogP contribution in [0.25, 0.3) is 21.9 Å². The third kappa shape index (κ3) is 5.49. The Morgan fingerprint density at radius 3 is 2.43 bits per heavy atom. The number of carboxylic acid groups (broad SMARTS) is 1. The molecule has 162 valence electrons. The van der Waals surface area contributed by atoms with Gasteiger partial charge in [-0.25, -0.2) is 0 Å². The Hall–Kier alpha value is -2.18. The maximum absolute atomic E-state index is 11.9. The van der Waals surface area contributed by atoms with Crippen LogP contribution >= 0.6 is 7.60 Å². The quantitative estimate of drug-likeness (QED) is 0.348. The first-order valence-corrected chi connectivity index (χ1v) is 11.8. The Labute approximate surface area is 175 Å². The Kier molecular flexibility index (Phi) is 6.98. The minimum Gasteiger partial charge on any atom is -0.480 e. The molecule has 0 amide bonds. The van der Waals surface area contributed by atoms with Crippen molar-refractivity contribution in [1.82, 2.24) is 5.32 Å². The summed E-state index contributed by atoms with van der Waals surface area (Å²) < 4.78 is 17.8. The number of fused-ring (bicyclic) bond motifs is 3. The molecule has 7 nitrogen and oxygen atoms in total. The Balaban J connectivity index is 1.79. The highest BCUT2D eigenvalue weighted by Crippen LogP contribution is 2.42. The lowest BCUT2D eigenvalue weighted by atomic mass is 10.0. The predicted molar refractivity (Wildman–Crippen MR) is 117 cm³/mol. The van der Waals surface area contributed by atoms with Gasteiger partial charge in [0, 0.05) is 10.8 Å². The summed E-state index contributed by atoms with van der Waals surface area (Å²) in [5, 5.41) is 14.3. The van der Waals surface area contributed by atoms with Gasteiger partial charge in [-0.05, 0) is 36.5 Å². The number of hydrogen-bond donors (Lipinski definition) is 4. The van der Waals surface area contributed by atoms with E-state index in [1.165, 1.54) is 0 Å². The monoisotopic (exact) mass is 433 g/mol. The number of hydrogen-bond acceptors (Lipinski definition) is 4. The summed E-state index contributed by atoms with van der Waals surface area (Å²) in [5.74, 6) is -1.93. The van der Waals surface area contributed by atoms with Gasteiger partial charge in [0.15, 0.2) is 0 Å². The second-order valence-electron chi connectivity index (χ2n) is 8.12. The van der Waals surface area contributed by atoms with Gasteiger partial charge in [0.25, 0.3) is 0 Å². The summed E-state index contributed by atoms with van der Waals surface area (Å²) in [7, 11) is -4.49. The van der Waals surface area contributed by atoms with Crippen molar-refractivity contribution in [3.63, 3.8) is 0 Å². The standard InChI is InChI=1S/C22H28NO6P/c1-14(2)6-5-9-21(30(26,27)28)23-18(22(24)25)12-15-10-11-17-16-7-3-4-8-19(16)29-20(17)13-15/h3-4,7-8,10-11,13-14,18,21,23H,5-6,9,12H2,1-2H3,(H,24,25)(H2,26,27,28)/t18-,21-/m0/s1. The fourth-order valence-corrected chi connectivity index (χ4v) is 4.54. The minimum atomic E-state index is -4.49. The van der Waals surface area contributed by atoms with E-state index in [4.69, 9.17) is 4.42 Å². The van der Waals surface area contributed by atoms with Crippen molar-refractivity contribution in [3.8, 4) is 0 Å². The van der Waals surface area contributed by atoms with Gasteiger partial charge in [-0.2, -0.15) is 0 Å². The average molecular weight is 433 g/mol. The van der Waals surface area contributed by atoms with Gasteiger partial charge in [0.05, 0.1) is 0 Å². The number of benzene rings is 2. The topological polar surface area (TPSA) is 120 Å². The summed E-state index contributed by atoms with van der Waals surface area (Å²) in [4.78, 5) is 31.2. The van der Waals surface area contributed by atoms with E-state index in [1.54, 1.807) is 6.07 Å². The summed E-state index contributed by atoms with van der Waals surface area (Å²) >= 11 is 0. The van der Waals surface area contributed by atoms with Gasteiger partial charge in [0.2, 0.25) is 0 Å². The fourth-order valence-electron chi connectivity index (χ4n) is 3.65. The molecule has 1 aromatic heterocycles. The summed E-state index contributed by atoms with van der Waals surface area (Å²) in [5.41, 5.74) is 2.12.